The van der Waals surface area contributed by atoms with Crippen LogP contribution < -0.4 is 0 Å². The van der Waals surface area contributed by atoms with Crippen LogP contribution in [0.1, 0.15) is 58.3 Å². The van der Waals surface area contributed by atoms with Crippen molar-refractivity contribution < 1.29 is 4.79 Å². The van der Waals surface area contributed by atoms with Gasteiger partial charge in [0, 0.05) is 25.4 Å². The predicted molar refractivity (Wildman–Crippen MR) is 73.4 cm³/mol. The molecule has 1 aliphatic rings. The van der Waals surface area contributed by atoms with E-state index in [2.05, 4.69) is 6.92 Å². The minimum atomic E-state index is 0.304. The summed E-state index contributed by atoms with van der Waals surface area (Å²) in [5.41, 5.74) is 0. The molecular formula is C14H26ClNO. The molecule has 0 bridgehead atoms. The van der Waals surface area contributed by atoms with Crippen molar-refractivity contribution >= 4 is 17.5 Å². The van der Waals surface area contributed by atoms with E-state index in [4.69, 9.17) is 11.6 Å². The van der Waals surface area contributed by atoms with Crippen molar-refractivity contribution in [3.05, 3.63) is 0 Å². The Morgan fingerprint density at radius 2 is 1.94 bits per heavy atom. The first-order chi connectivity index (χ1) is 8.27. The molecular weight excluding hydrogens is 234 g/mol. The van der Waals surface area contributed by atoms with E-state index in [1.807, 2.05) is 4.90 Å². The molecule has 0 aromatic rings. The molecule has 1 rings (SSSR count). The number of hydrogen-bond acceptors (Lipinski definition) is 1. The summed E-state index contributed by atoms with van der Waals surface area (Å²) in [7, 11) is 0. The van der Waals surface area contributed by atoms with Crippen molar-refractivity contribution in [3.63, 3.8) is 0 Å². The molecule has 100 valence electrons. The van der Waals surface area contributed by atoms with Gasteiger partial charge in [0.05, 0.1) is 0 Å². The topological polar surface area (TPSA) is 20.3 Å². The first-order valence-corrected chi connectivity index (χ1v) is 7.65. The molecule has 0 unspecified atom stereocenters. The molecule has 0 aromatic heterocycles. The molecule has 0 heterocycles. The van der Waals surface area contributed by atoms with Crippen molar-refractivity contribution in [2.45, 2.75) is 58.3 Å². The largest absolute Gasteiger partial charge is 0.342 e. The Hall–Kier alpha value is -0.240. The molecule has 1 aliphatic carbocycles. The molecule has 0 atom stereocenters. The lowest BCUT2D eigenvalue weighted by atomic mass is 9.86. The number of rotatable bonds is 7. The molecule has 0 saturated heterocycles. The Bertz CT molecular complexity index is 208. The Kier molecular flexibility index (Phi) is 7.67. The maximum atomic E-state index is 12.0. The average molecular weight is 260 g/mol. The highest BCUT2D eigenvalue weighted by Crippen LogP contribution is 2.27. The van der Waals surface area contributed by atoms with Gasteiger partial charge in [-0.1, -0.05) is 39.0 Å². The first kappa shape index (κ1) is 14.8. The molecule has 17 heavy (non-hydrogen) atoms. The third kappa shape index (κ3) is 5.76. The molecule has 3 heteroatoms. The summed E-state index contributed by atoms with van der Waals surface area (Å²) in [6, 6.07) is 0. The minimum absolute atomic E-state index is 0.304. The van der Waals surface area contributed by atoms with Crippen LogP contribution in [0.25, 0.3) is 0 Å². The van der Waals surface area contributed by atoms with Gasteiger partial charge in [0.2, 0.25) is 5.91 Å². The second-order valence-corrected chi connectivity index (χ2v) is 5.49. The Labute approximate surface area is 111 Å². The fourth-order valence-electron chi connectivity index (χ4n) is 2.69. The Morgan fingerprint density at radius 1 is 1.24 bits per heavy atom. The summed E-state index contributed by atoms with van der Waals surface area (Å²) in [4.78, 5) is 14.0. The van der Waals surface area contributed by atoms with E-state index < -0.39 is 0 Å². The first-order valence-electron chi connectivity index (χ1n) is 7.11. The van der Waals surface area contributed by atoms with E-state index in [1.165, 1.54) is 32.1 Å². The third-order valence-corrected chi connectivity index (χ3v) is 3.86. The number of carbonyl (C=O) groups is 1. The number of hydrogen-bond donors (Lipinski definition) is 0. The maximum absolute atomic E-state index is 12.0. The lowest BCUT2D eigenvalue weighted by molar-refractivity contribution is -0.131. The van der Waals surface area contributed by atoms with Gasteiger partial charge in [-0.3, -0.25) is 4.79 Å². The van der Waals surface area contributed by atoms with E-state index in [1.54, 1.807) is 0 Å². The number of alkyl halides is 1. The molecule has 1 saturated carbocycles. The van der Waals surface area contributed by atoms with Gasteiger partial charge in [0.1, 0.15) is 0 Å². The zero-order chi connectivity index (χ0) is 12.5. The van der Waals surface area contributed by atoms with E-state index in [-0.39, 0.29) is 0 Å². The molecule has 0 radical (unpaired) electrons. The number of carbonyl (C=O) groups excluding carboxylic acids is 1. The lowest BCUT2D eigenvalue weighted by Crippen LogP contribution is -2.33. The van der Waals surface area contributed by atoms with Crippen LogP contribution in [0.3, 0.4) is 0 Å². The second kappa shape index (κ2) is 8.79. The van der Waals surface area contributed by atoms with Crippen LogP contribution >= 0.6 is 11.6 Å². The summed E-state index contributed by atoms with van der Waals surface area (Å²) in [6.45, 7) is 3.67. The van der Waals surface area contributed by atoms with Gasteiger partial charge in [-0.2, -0.15) is 0 Å². The van der Waals surface area contributed by atoms with Crippen molar-refractivity contribution in [1.29, 1.82) is 0 Å². The van der Waals surface area contributed by atoms with Gasteiger partial charge in [0.15, 0.2) is 0 Å². The number of nitrogens with zero attached hydrogens (tertiary/aromatic N) is 1. The summed E-state index contributed by atoms with van der Waals surface area (Å²) >= 11 is 5.73. The smallest absolute Gasteiger partial charge is 0.222 e. The molecule has 0 aliphatic heterocycles. The van der Waals surface area contributed by atoms with Crippen LogP contribution in [-0.4, -0.2) is 29.8 Å². The average Bonchev–Trinajstić information content (AvgIpc) is 2.37. The fraction of sp³-hybridized carbons (Fsp3) is 0.929. The zero-order valence-electron chi connectivity index (χ0n) is 11.1. The van der Waals surface area contributed by atoms with Gasteiger partial charge in [-0.15, -0.1) is 11.6 Å². The molecule has 1 fully saturated rings. The molecule has 1 amide bonds. The highest BCUT2D eigenvalue weighted by molar-refractivity contribution is 6.18. The van der Waals surface area contributed by atoms with E-state index >= 15 is 0 Å². The summed E-state index contributed by atoms with van der Waals surface area (Å²) in [5.74, 6) is 1.65. The number of amides is 1. The SMILES string of the molecule is CCCN(CCCl)C(=O)CCC1CCCCC1. The van der Waals surface area contributed by atoms with E-state index in [0.29, 0.717) is 18.3 Å². The monoisotopic (exact) mass is 259 g/mol. The van der Waals surface area contributed by atoms with Crippen LogP contribution in [-0.2, 0) is 4.79 Å². The minimum Gasteiger partial charge on any atom is -0.342 e. The van der Waals surface area contributed by atoms with Gasteiger partial charge < -0.3 is 4.90 Å². The lowest BCUT2D eigenvalue weighted by Gasteiger charge is -2.24. The second-order valence-electron chi connectivity index (χ2n) is 5.11. The number of halogens is 1. The highest BCUT2D eigenvalue weighted by atomic mass is 35.5. The Balaban J connectivity index is 2.25. The van der Waals surface area contributed by atoms with Crippen molar-refractivity contribution in [3.8, 4) is 0 Å². The standard InChI is InChI=1S/C14H26ClNO/c1-2-11-16(12-10-15)14(17)9-8-13-6-4-3-5-7-13/h13H,2-12H2,1H3. The molecule has 0 aromatic carbocycles. The van der Waals surface area contributed by atoms with Gasteiger partial charge >= 0.3 is 0 Å². The van der Waals surface area contributed by atoms with Crippen LogP contribution in [0.15, 0.2) is 0 Å². The van der Waals surface area contributed by atoms with Crippen molar-refractivity contribution in [1.82, 2.24) is 4.90 Å². The van der Waals surface area contributed by atoms with Gasteiger partial charge in [-0.25, -0.2) is 0 Å². The zero-order valence-corrected chi connectivity index (χ0v) is 11.8. The van der Waals surface area contributed by atoms with Crippen LogP contribution in [0.5, 0.6) is 0 Å². The normalized spacial score (nSPS) is 17.1. The molecule has 0 spiro atoms. The molecule has 0 N–H and O–H groups in total. The predicted octanol–water partition coefficient (Wildman–Crippen LogP) is 3.82. The summed E-state index contributed by atoms with van der Waals surface area (Å²) < 4.78 is 0. The van der Waals surface area contributed by atoms with Crippen LogP contribution in [0.2, 0.25) is 0 Å². The summed E-state index contributed by atoms with van der Waals surface area (Å²) in [6.07, 6.45) is 9.60. The van der Waals surface area contributed by atoms with E-state index in [9.17, 15) is 4.79 Å². The van der Waals surface area contributed by atoms with Crippen molar-refractivity contribution in [2.75, 3.05) is 19.0 Å². The van der Waals surface area contributed by atoms with Crippen LogP contribution in [0.4, 0.5) is 0 Å². The quantitative estimate of drug-likeness (QED) is 0.637. The third-order valence-electron chi connectivity index (χ3n) is 3.69. The summed E-state index contributed by atoms with van der Waals surface area (Å²) in [5, 5.41) is 0. The van der Waals surface area contributed by atoms with E-state index in [0.717, 1.165) is 31.7 Å². The fourth-order valence-corrected chi connectivity index (χ4v) is 2.90. The van der Waals surface area contributed by atoms with Gasteiger partial charge in [-0.05, 0) is 18.8 Å². The van der Waals surface area contributed by atoms with Crippen molar-refractivity contribution in [2.24, 2.45) is 5.92 Å². The Morgan fingerprint density at radius 3 is 2.53 bits per heavy atom. The molecule has 2 nitrogen and oxygen atoms in total. The highest BCUT2D eigenvalue weighted by Gasteiger charge is 2.17. The maximum Gasteiger partial charge on any atom is 0.222 e. The van der Waals surface area contributed by atoms with Crippen LogP contribution in [0, 0.1) is 5.92 Å². The van der Waals surface area contributed by atoms with Gasteiger partial charge in [0.25, 0.3) is 0 Å².